The lowest BCUT2D eigenvalue weighted by Gasteiger charge is -2.30. The number of carbonyl (C=O) groups excluding carboxylic acids is 1. The highest BCUT2D eigenvalue weighted by molar-refractivity contribution is 7.98. The monoisotopic (exact) mass is 392 g/mol. The number of amides is 1. The molecule has 0 heterocycles. The Labute approximate surface area is 159 Å². The van der Waals surface area contributed by atoms with Crippen LogP contribution < -0.4 is 9.62 Å². The van der Waals surface area contributed by atoms with Crippen molar-refractivity contribution in [1.29, 1.82) is 0 Å². The summed E-state index contributed by atoms with van der Waals surface area (Å²) in [6.07, 6.45) is 3.41. The second-order valence-electron chi connectivity index (χ2n) is 6.01. The van der Waals surface area contributed by atoms with Crippen LogP contribution in [0, 0.1) is 6.92 Å². The molecule has 0 saturated carbocycles. The Morgan fingerprint density at radius 1 is 1.15 bits per heavy atom. The molecule has 0 aliphatic rings. The first-order chi connectivity index (χ1) is 12.3. The zero-order valence-corrected chi connectivity index (χ0v) is 17.0. The molecule has 2 aromatic carbocycles. The van der Waals surface area contributed by atoms with Crippen molar-refractivity contribution in [3.63, 3.8) is 0 Å². The number of rotatable bonds is 7. The van der Waals surface area contributed by atoms with Gasteiger partial charge in [0.1, 0.15) is 6.04 Å². The molecule has 140 valence electrons. The third-order valence-electron chi connectivity index (χ3n) is 3.98. The fraction of sp³-hybridized carbons (Fsp3) is 0.316. The van der Waals surface area contributed by atoms with Crippen LogP contribution >= 0.6 is 11.8 Å². The fourth-order valence-corrected chi connectivity index (χ4v) is 4.48. The van der Waals surface area contributed by atoms with Crippen LogP contribution in [0.3, 0.4) is 0 Å². The van der Waals surface area contributed by atoms with Gasteiger partial charge in [-0.1, -0.05) is 36.8 Å². The molecule has 1 unspecified atom stereocenters. The number of hydrogen-bond donors (Lipinski definition) is 1. The van der Waals surface area contributed by atoms with Crippen LogP contribution in [0.1, 0.15) is 18.9 Å². The van der Waals surface area contributed by atoms with Crippen molar-refractivity contribution in [3.8, 4) is 0 Å². The van der Waals surface area contributed by atoms with E-state index in [4.69, 9.17) is 0 Å². The average Bonchev–Trinajstić information content (AvgIpc) is 2.60. The van der Waals surface area contributed by atoms with Crippen LogP contribution in [0.15, 0.2) is 53.4 Å². The molecule has 0 fully saturated rings. The van der Waals surface area contributed by atoms with Gasteiger partial charge in [0.05, 0.1) is 17.6 Å². The van der Waals surface area contributed by atoms with E-state index in [1.54, 1.807) is 19.1 Å². The third kappa shape index (κ3) is 4.80. The quantitative estimate of drug-likeness (QED) is 0.726. The summed E-state index contributed by atoms with van der Waals surface area (Å²) in [4.78, 5) is 13.8. The van der Waals surface area contributed by atoms with Gasteiger partial charge in [-0.2, -0.15) is 0 Å². The standard InChI is InChI=1S/C19H24N2O3S2/c1-5-17(19(22)20-16-8-6-7-9-18(16)25-3)21(26(4,23)24)15-12-10-14(2)11-13-15/h6-13,17H,5H2,1-4H3,(H,20,22). The summed E-state index contributed by atoms with van der Waals surface area (Å²) in [6, 6.07) is 13.7. The van der Waals surface area contributed by atoms with E-state index in [-0.39, 0.29) is 5.91 Å². The predicted molar refractivity (Wildman–Crippen MR) is 109 cm³/mol. The highest BCUT2D eigenvalue weighted by Crippen LogP contribution is 2.27. The lowest BCUT2D eigenvalue weighted by molar-refractivity contribution is -0.117. The number of carbonyl (C=O) groups is 1. The van der Waals surface area contributed by atoms with E-state index in [0.29, 0.717) is 17.8 Å². The topological polar surface area (TPSA) is 66.5 Å². The molecule has 1 N–H and O–H groups in total. The zero-order valence-electron chi connectivity index (χ0n) is 15.4. The smallest absolute Gasteiger partial charge is 0.248 e. The first kappa shape index (κ1) is 20.3. The molecule has 0 aromatic heterocycles. The number of anilines is 2. The fourth-order valence-electron chi connectivity index (χ4n) is 2.72. The minimum Gasteiger partial charge on any atom is -0.323 e. The molecule has 2 rings (SSSR count). The summed E-state index contributed by atoms with van der Waals surface area (Å²) >= 11 is 1.52. The van der Waals surface area contributed by atoms with E-state index in [2.05, 4.69) is 5.32 Å². The molecular formula is C19H24N2O3S2. The molecule has 1 atom stereocenters. The van der Waals surface area contributed by atoms with Gasteiger partial charge in [0.15, 0.2) is 0 Å². The lowest BCUT2D eigenvalue weighted by Crippen LogP contribution is -2.47. The van der Waals surface area contributed by atoms with Crippen LogP contribution in [0.4, 0.5) is 11.4 Å². The van der Waals surface area contributed by atoms with E-state index in [1.165, 1.54) is 16.1 Å². The lowest BCUT2D eigenvalue weighted by atomic mass is 10.1. The Balaban J connectivity index is 2.38. The first-order valence-corrected chi connectivity index (χ1v) is 11.3. The van der Waals surface area contributed by atoms with Crippen LogP contribution in [0.2, 0.25) is 0 Å². The van der Waals surface area contributed by atoms with Crippen molar-refractivity contribution in [1.82, 2.24) is 0 Å². The molecule has 0 aliphatic heterocycles. The predicted octanol–water partition coefficient (Wildman–Crippen LogP) is 3.90. The number of nitrogens with one attached hydrogen (secondary N) is 1. The minimum absolute atomic E-state index is 0.347. The first-order valence-electron chi connectivity index (χ1n) is 8.28. The van der Waals surface area contributed by atoms with Crippen molar-refractivity contribution in [2.75, 3.05) is 22.1 Å². The Morgan fingerprint density at radius 3 is 2.31 bits per heavy atom. The van der Waals surface area contributed by atoms with Gasteiger partial charge in [-0.25, -0.2) is 8.42 Å². The van der Waals surface area contributed by atoms with Gasteiger partial charge >= 0.3 is 0 Å². The summed E-state index contributed by atoms with van der Waals surface area (Å²) in [5.41, 5.74) is 2.19. The number of aryl methyl sites for hydroxylation is 1. The molecule has 0 aliphatic carbocycles. The summed E-state index contributed by atoms with van der Waals surface area (Å²) in [5, 5.41) is 2.88. The Morgan fingerprint density at radius 2 is 1.77 bits per heavy atom. The van der Waals surface area contributed by atoms with Gasteiger partial charge in [-0.05, 0) is 43.9 Å². The molecule has 26 heavy (non-hydrogen) atoms. The van der Waals surface area contributed by atoms with Crippen LogP contribution in [0.5, 0.6) is 0 Å². The second kappa shape index (κ2) is 8.60. The van der Waals surface area contributed by atoms with E-state index >= 15 is 0 Å². The van der Waals surface area contributed by atoms with Gasteiger partial charge in [0.2, 0.25) is 15.9 Å². The third-order valence-corrected chi connectivity index (χ3v) is 5.96. The van der Waals surface area contributed by atoms with Crippen LogP contribution in [-0.2, 0) is 14.8 Å². The molecule has 2 aromatic rings. The molecule has 7 heteroatoms. The summed E-state index contributed by atoms with van der Waals surface area (Å²) < 4.78 is 26.1. The maximum absolute atomic E-state index is 12.9. The molecule has 1 amide bonds. The van der Waals surface area contributed by atoms with Gasteiger partial charge in [-0.3, -0.25) is 9.10 Å². The highest BCUT2D eigenvalue weighted by atomic mass is 32.2. The number of hydrogen-bond acceptors (Lipinski definition) is 4. The number of benzene rings is 2. The molecule has 0 bridgehead atoms. The zero-order chi connectivity index (χ0) is 19.3. The van der Waals surface area contributed by atoms with Gasteiger partial charge in [0.25, 0.3) is 0 Å². The van der Waals surface area contributed by atoms with Crippen molar-refractivity contribution in [3.05, 3.63) is 54.1 Å². The average molecular weight is 393 g/mol. The van der Waals surface area contributed by atoms with Crippen LogP contribution in [0.25, 0.3) is 0 Å². The number of sulfonamides is 1. The van der Waals surface area contributed by atoms with E-state index in [0.717, 1.165) is 16.7 Å². The normalized spacial score (nSPS) is 12.5. The van der Waals surface area contributed by atoms with E-state index < -0.39 is 16.1 Å². The number of thioether (sulfide) groups is 1. The summed E-state index contributed by atoms with van der Waals surface area (Å²) in [5.74, 6) is -0.347. The molecule has 0 radical (unpaired) electrons. The van der Waals surface area contributed by atoms with Crippen molar-refractivity contribution in [2.45, 2.75) is 31.2 Å². The van der Waals surface area contributed by atoms with Crippen molar-refractivity contribution < 1.29 is 13.2 Å². The Hall–Kier alpha value is -1.99. The Kier molecular flexibility index (Phi) is 6.72. The summed E-state index contributed by atoms with van der Waals surface area (Å²) in [6.45, 7) is 3.73. The van der Waals surface area contributed by atoms with Gasteiger partial charge < -0.3 is 5.32 Å². The van der Waals surface area contributed by atoms with Gasteiger partial charge in [-0.15, -0.1) is 11.8 Å². The van der Waals surface area contributed by atoms with Crippen molar-refractivity contribution in [2.24, 2.45) is 0 Å². The van der Waals surface area contributed by atoms with E-state index in [1.807, 2.05) is 49.6 Å². The maximum Gasteiger partial charge on any atom is 0.248 e. The minimum atomic E-state index is -3.63. The van der Waals surface area contributed by atoms with Gasteiger partial charge in [0, 0.05) is 4.90 Å². The Bertz CT molecular complexity index is 865. The second-order valence-corrected chi connectivity index (χ2v) is 8.72. The molecule has 0 spiro atoms. The van der Waals surface area contributed by atoms with E-state index in [9.17, 15) is 13.2 Å². The van der Waals surface area contributed by atoms with Crippen LogP contribution in [-0.4, -0.2) is 32.9 Å². The number of para-hydroxylation sites is 1. The maximum atomic E-state index is 12.9. The molecule has 5 nitrogen and oxygen atoms in total. The number of nitrogens with zero attached hydrogens (tertiary/aromatic N) is 1. The SMILES string of the molecule is CCC(C(=O)Nc1ccccc1SC)N(c1ccc(C)cc1)S(C)(=O)=O. The van der Waals surface area contributed by atoms with Crippen molar-refractivity contribution >= 4 is 39.1 Å². The highest BCUT2D eigenvalue weighted by Gasteiger charge is 2.31. The molecule has 0 saturated heterocycles. The summed E-state index contributed by atoms with van der Waals surface area (Å²) in [7, 11) is -3.63. The largest absolute Gasteiger partial charge is 0.323 e. The molecular weight excluding hydrogens is 368 g/mol.